The lowest BCUT2D eigenvalue weighted by Gasteiger charge is -2.06. The van der Waals surface area contributed by atoms with E-state index in [4.69, 9.17) is 16.3 Å². The zero-order valence-electron chi connectivity index (χ0n) is 10.9. The average Bonchev–Trinajstić information content (AvgIpc) is 2.46. The van der Waals surface area contributed by atoms with Gasteiger partial charge in [-0.2, -0.15) is 5.10 Å². The molecule has 0 radical (unpaired) electrons. The molecule has 2 aromatic rings. The van der Waals surface area contributed by atoms with Gasteiger partial charge in [0.15, 0.2) is 0 Å². The number of nitrogens with one attached hydrogen (secondary N) is 1. The number of methoxy groups -OCH3 is 1. The van der Waals surface area contributed by atoms with E-state index in [1.807, 2.05) is 55.5 Å². The van der Waals surface area contributed by atoms with Gasteiger partial charge >= 0.3 is 0 Å². The molecule has 0 amide bonds. The molecule has 0 unspecified atom stereocenters. The summed E-state index contributed by atoms with van der Waals surface area (Å²) in [6.45, 7) is 1.94. The summed E-state index contributed by atoms with van der Waals surface area (Å²) >= 11 is 6.04. The standard InChI is InChI=1S/C15H15ClN2O/c1-11(12-7-9-13(19-2)10-8-12)17-18-15-6-4-3-5-14(15)16/h3-10,18H,1-2H3/b17-11+. The van der Waals surface area contributed by atoms with Gasteiger partial charge in [-0.1, -0.05) is 23.7 Å². The first-order chi connectivity index (χ1) is 9.20. The molecular formula is C15H15ClN2O. The Bertz CT molecular complexity index is 579. The fourth-order valence-corrected chi connectivity index (χ4v) is 1.77. The van der Waals surface area contributed by atoms with Crippen molar-refractivity contribution in [2.24, 2.45) is 5.10 Å². The van der Waals surface area contributed by atoms with Gasteiger partial charge in [0, 0.05) is 0 Å². The topological polar surface area (TPSA) is 33.6 Å². The maximum atomic E-state index is 6.04. The first-order valence-corrected chi connectivity index (χ1v) is 6.28. The second-order valence-corrected chi connectivity index (χ2v) is 4.42. The van der Waals surface area contributed by atoms with Crippen LogP contribution in [-0.4, -0.2) is 12.8 Å². The van der Waals surface area contributed by atoms with Crippen LogP contribution >= 0.6 is 11.6 Å². The Labute approximate surface area is 117 Å². The van der Waals surface area contributed by atoms with Crippen LogP contribution in [0.4, 0.5) is 5.69 Å². The number of benzene rings is 2. The lowest BCUT2D eigenvalue weighted by molar-refractivity contribution is 0.415. The Morgan fingerprint density at radius 1 is 1.11 bits per heavy atom. The van der Waals surface area contributed by atoms with Crippen molar-refractivity contribution >= 4 is 23.0 Å². The van der Waals surface area contributed by atoms with Crippen LogP contribution in [-0.2, 0) is 0 Å². The first kappa shape index (κ1) is 13.4. The van der Waals surface area contributed by atoms with Gasteiger partial charge in [-0.25, -0.2) is 0 Å². The average molecular weight is 275 g/mol. The van der Waals surface area contributed by atoms with Crippen LogP contribution in [0.2, 0.25) is 5.02 Å². The Balaban J connectivity index is 2.12. The molecule has 0 heterocycles. The van der Waals surface area contributed by atoms with Crippen molar-refractivity contribution < 1.29 is 4.74 Å². The van der Waals surface area contributed by atoms with Crippen LogP contribution in [0.5, 0.6) is 5.75 Å². The molecule has 0 atom stereocenters. The van der Waals surface area contributed by atoms with Crippen LogP contribution in [0.1, 0.15) is 12.5 Å². The molecule has 0 saturated carbocycles. The molecule has 0 fully saturated rings. The summed E-state index contributed by atoms with van der Waals surface area (Å²) in [7, 11) is 1.65. The SMILES string of the molecule is COc1ccc(/C(C)=N/Nc2ccccc2Cl)cc1. The molecule has 98 valence electrons. The van der Waals surface area contributed by atoms with E-state index < -0.39 is 0 Å². The molecule has 0 aliphatic rings. The molecule has 19 heavy (non-hydrogen) atoms. The minimum absolute atomic E-state index is 0.647. The van der Waals surface area contributed by atoms with E-state index in [0.29, 0.717) is 5.02 Å². The smallest absolute Gasteiger partial charge is 0.118 e. The third-order valence-corrected chi connectivity index (χ3v) is 3.06. The molecular weight excluding hydrogens is 260 g/mol. The summed E-state index contributed by atoms with van der Waals surface area (Å²) < 4.78 is 5.12. The predicted molar refractivity (Wildman–Crippen MR) is 80.3 cm³/mol. The van der Waals surface area contributed by atoms with Gasteiger partial charge < -0.3 is 4.74 Å². The highest BCUT2D eigenvalue weighted by Crippen LogP contribution is 2.20. The normalized spacial score (nSPS) is 11.2. The number of hydrazone groups is 1. The zero-order chi connectivity index (χ0) is 13.7. The van der Waals surface area contributed by atoms with E-state index in [2.05, 4.69) is 10.5 Å². The number of rotatable bonds is 4. The van der Waals surface area contributed by atoms with Crippen LogP contribution < -0.4 is 10.2 Å². The maximum Gasteiger partial charge on any atom is 0.118 e. The van der Waals surface area contributed by atoms with E-state index in [-0.39, 0.29) is 0 Å². The molecule has 2 rings (SSSR count). The second-order valence-electron chi connectivity index (χ2n) is 4.02. The molecule has 0 aliphatic heterocycles. The molecule has 0 aromatic heterocycles. The van der Waals surface area contributed by atoms with E-state index in [1.54, 1.807) is 7.11 Å². The van der Waals surface area contributed by atoms with Crippen molar-refractivity contribution in [3.8, 4) is 5.75 Å². The summed E-state index contributed by atoms with van der Waals surface area (Å²) in [6.07, 6.45) is 0. The molecule has 3 nitrogen and oxygen atoms in total. The molecule has 0 spiro atoms. The lowest BCUT2D eigenvalue weighted by Crippen LogP contribution is -2.00. The van der Waals surface area contributed by atoms with Crippen LogP contribution in [0, 0.1) is 0 Å². The highest BCUT2D eigenvalue weighted by Gasteiger charge is 2.00. The molecule has 4 heteroatoms. The quantitative estimate of drug-likeness (QED) is 0.670. The predicted octanol–water partition coefficient (Wildman–Crippen LogP) is 4.18. The van der Waals surface area contributed by atoms with Crippen molar-refractivity contribution in [3.63, 3.8) is 0 Å². The van der Waals surface area contributed by atoms with Gasteiger partial charge in [0.25, 0.3) is 0 Å². The molecule has 0 aliphatic carbocycles. The monoisotopic (exact) mass is 274 g/mol. The fraction of sp³-hybridized carbons (Fsp3) is 0.133. The Hall–Kier alpha value is -2.00. The summed E-state index contributed by atoms with van der Waals surface area (Å²) in [4.78, 5) is 0. The number of ether oxygens (including phenoxy) is 1. The second kappa shape index (κ2) is 6.25. The van der Waals surface area contributed by atoms with E-state index >= 15 is 0 Å². The highest BCUT2D eigenvalue weighted by atomic mass is 35.5. The van der Waals surface area contributed by atoms with Gasteiger partial charge in [-0.05, 0) is 48.9 Å². The van der Waals surface area contributed by atoms with Crippen molar-refractivity contribution in [1.82, 2.24) is 0 Å². The Morgan fingerprint density at radius 2 is 1.79 bits per heavy atom. The number of nitrogens with zero attached hydrogens (tertiary/aromatic N) is 1. The molecule has 0 bridgehead atoms. The Kier molecular flexibility index (Phi) is 4.42. The third-order valence-electron chi connectivity index (χ3n) is 2.73. The Morgan fingerprint density at radius 3 is 2.42 bits per heavy atom. The first-order valence-electron chi connectivity index (χ1n) is 5.90. The van der Waals surface area contributed by atoms with E-state index in [1.165, 1.54) is 0 Å². The minimum atomic E-state index is 0.647. The number of hydrogen-bond acceptors (Lipinski definition) is 3. The maximum absolute atomic E-state index is 6.04. The van der Waals surface area contributed by atoms with Crippen LogP contribution in [0.15, 0.2) is 53.6 Å². The third kappa shape index (κ3) is 3.48. The largest absolute Gasteiger partial charge is 0.497 e. The summed E-state index contributed by atoms with van der Waals surface area (Å²) in [5, 5.41) is 4.97. The van der Waals surface area contributed by atoms with Gasteiger partial charge in [-0.3, -0.25) is 5.43 Å². The van der Waals surface area contributed by atoms with Gasteiger partial charge in [-0.15, -0.1) is 0 Å². The van der Waals surface area contributed by atoms with Crippen LogP contribution in [0.3, 0.4) is 0 Å². The summed E-state index contributed by atoms with van der Waals surface area (Å²) in [6, 6.07) is 15.2. The zero-order valence-corrected chi connectivity index (χ0v) is 11.6. The molecule has 1 N–H and O–H groups in total. The number of para-hydroxylation sites is 1. The molecule has 2 aromatic carbocycles. The van der Waals surface area contributed by atoms with Crippen molar-refractivity contribution in [2.75, 3.05) is 12.5 Å². The van der Waals surface area contributed by atoms with E-state index in [0.717, 1.165) is 22.7 Å². The van der Waals surface area contributed by atoms with Crippen LogP contribution in [0.25, 0.3) is 0 Å². The van der Waals surface area contributed by atoms with Crippen molar-refractivity contribution in [2.45, 2.75) is 6.92 Å². The van der Waals surface area contributed by atoms with Gasteiger partial charge in [0.05, 0.1) is 23.5 Å². The van der Waals surface area contributed by atoms with Crippen molar-refractivity contribution in [1.29, 1.82) is 0 Å². The minimum Gasteiger partial charge on any atom is -0.497 e. The summed E-state index contributed by atoms with van der Waals surface area (Å²) in [5.74, 6) is 0.829. The van der Waals surface area contributed by atoms with E-state index in [9.17, 15) is 0 Å². The number of hydrogen-bond donors (Lipinski definition) is 1. The number of anilines is 1. The van der Waals surface area contributed by atoms with Crippen molar-refractivity contribution in [3.05, 3.63) is 59.1 Å². The number of halogens is 1. The lowest BCUT2D eigenvalue weighted by atomic mass is 10.1. The van der Waals surface area contributed by atoms with Gasteiger partial charge in [0.1, 0.15) is 5.75 Å². The highest BCUT2D eigenvalue weighted by molar-refractivity contribution is 6.33. The molecule has 0 saturated heterocycles. The van der Waals surface area contributed by atoms with Gasteiger partial charge in [0.2, 0.25) is 0 Å². The summed E-state index contributed by atoms with van der Waals surface area (Å²) in [5.41, 5.74) is 5.66. The fourth-order valence-electron chi connectivity index (χ4n) is 1.59.